The number of carbonyl (C=O) groups excluding carboxylic acids is 2. The number of hydrogen-bond acceptors (Lipinski definition) is 4. The van der Waals surface area contributed by atoms with E-state index in [2.05, 4.69) is 5.32 Å². The number of carbonyl (C=O) groups is 2. The highest BCUT2D eigenvalue weighted by atomic mass is 16.5. The quantitative estimate of drug-likeness (QED) is 0.939. The molecule has 2 amide bonds. The molecule has 6 heteroatoms. The standard InChI is InChI=1S/C16H16N2O4/c1-18-13-6-2-5-12(16(13)22-10-15(18)20)17-14(19)8-7-11-4-3-9-21-11/h2-6,9H,7-8,10H2,1H3,(H,17,19). The predicted octanol–water partition coefficient (Wildman–Crippen LogP) is 2.21. The number of likely N-dealkylation sites (N-methyl/N-ethyl adjacent to an activating group) is 1. The van der Waals surface area contributed by atoms with Gasteiger partial charge in [0.15, 0.2) is 12.4 Å². The number of hydrogen-bond donors (Lipinski definition) is 1. The van der Waals surface area contributed by atoms with Crippen LogP contribution in [0.25, 0.3) is 0 Å². The molecule has 0 fully saturated rings. The van der Waals surface area contributed by atoms with Crippen LogP contribution in [0.4, 0.5) is 11.4 Å². The molecule has 0 saturated carbocycles. The van der Waals surface area contributed by atoms with Gasteiger partial charge in [-0.15, -0.1) is 0 Å². The van der Waals surface area contributed by atoms with E-state index in [0.717, 1.165) is 5.76 Å². The first-order valence-corrected chi connectivity index (χ1v) is 7.00. The number of nitrogens with one attached hydrogen (secondary N) is 1. The molecule has 22 heavy (non-hydrogen) atoms. The molecule has 0 spiro atoms. The summed E-state index contributed by atoms with van der Waals surface area (Å²) in [6.45, 7) is -0.0250. The number of ether oxygens (including phenoxy) is 1. The molecule has 2 heterocycles. The Labute approximate surface area is 127 Å². The summed E-state index contributed by atoms with van der Waals surface area (Å²) in [5, 5.41) is 2.82. The van der Waals surface area contributed by atoms with Gasteiger partial charge in [-0.3, -0.25) is 9.59 Å². The van der Waals surface area contributed by atoms with Gasteiger partial charge in [0.05, 0.1) is 17.6 Å². The average Bonchev–Trinajstić information content (AvgIpc) is 3.03. The van der Waals surface area contributed by atoms with E-state index in [-0.39, 0.29) is 18.4 Å². The van der Waals surface area contributed by atoms with Gasteiger partial charge in [-0.25, -0.2) is 0 Å². The zero-order chi connectivity index (χ0) is 15.5. The van der Waals surface area contributed by atoms with Crippen LogP contribution in [-0.2, 0) is 16.0 Å². The summed E-state index contributed by atoms with van der Waals surface area (Å²) in [4.78, 5) is 25.2. The number of anilines is 2. The zero-order valence-electron chi connectivity index (χ0n) is 12.2. The molecule has 1 aliphatic rings. The van der Waals surface area contributed by atoms with Crippen molar-refractivity contribution in [2.45, 2.75) is 12.8 Å². The second kappa shape index (κ2) is 5.93. The van der Waals surface area contributed by atoms with Gasteiger partial charge in [-0.2, -0.15) is 0 Å². The van der Waals surface area contributed by atoms with E-state index in [4.69, 9.17) is 9.15 Å². The Kier molecular flexibility index (Phi) is 3.82. The second-order valence-corrected chi connectivity index (χ2v) is 5.02. The average molecular weight is 300 g/mol. The van der Waals surface area contributed by atoms with Crippen LogP contribution >= 0.6 is 0 Å². The van der Waals surface area contributed by atoms with Gasteiger partial charge in [-0.05, 0) is 24.3 Å². The molecule has 1 N–H and O–H groups in total. The lowest BCUT2D eigenvalue weighted by molar-refractivity contribution is -0.121. The lowest BCUT2D eigenvalue weighted by Crippen LogP contribution is -2.35. The van der Waals surface area contributed by atoms with Crippen LogP contribution in [0.3, 0.4) is 0 Å². The number of amides is 2. The van der Waals surface area contributed by atoms with Crippen molar-refractivity contribution < 1.29 is 18.7 Å². The van der Waals surface area contributed by atoms with E-state index in [9.17, 15) is 9.59 Å². The normalized spacial score (nSPS) is 13.5. The molecule has 0 radical (unpaired) electrons. The first kappa shape index (κ1) is 14.2. The van der Waals surface area contributed by atoms with Crippen LogP contribution in [0.1, 0.15) is 12.2 Å². The van der Waals surface area contributed by atoms with Crippen molar-refractivity contribution in [3.63, 3.8) is 0 Å². The summed E-state index contributed by atoms with van der Waals surface area (Å²) in [6, 6.07) is 8.94. The minimum absolute atomic E-state index is 0.0250. The maximum absolute atomic E-state index is 12.1. The molecule has 0 bridgehead atoms. The molecule has 2 aromatic rings. The van der Waals surface area contributed by atoms with Crippen LogP contribution in [-0.4, -0.2) is 25.5 Å². The summed E-state index contributed by atoms with van der Waals surface area (Å²) < 4.78 is 10.7. The summed E-state index contributed by atoms with van der Waals surface area (Å²) in [5.74, 6) is 1.05. The summed E-state index contributed by atoms with van der Waals surface area (Å²) in [5.41, 5.74) is 1.22. The minimum Gasteiger partial charge on any atom is -0.479 e. The van der Waals surface area contributed by atoms with E-state index in [0.29, 0.717) is 30.0 Å². The number of benzene rings is 1. The maximum atomic E-state index is 12.1. The molecule has 0 aliphatic carbocycles. The minimum atomic E-state index is -0.132. The van der Waals surface area contributed by atoms with Crippen molar-refractivity contribution in [2.24, 2.45) is 0 Å². The van der Waals surface area contributed by atoms with Gasteiger partial charge in [-0.1, -0.05) is 6.07 Å². The number of fused-ring (bicyclic) bond motifs is 1. The molecular formula is C16H16N2O4. The van der Waals surface area contributed by atoms with Crippen LogP contribution in [0.5, 0.6) is 5.75 Å². The van der Waals surface area contributed by atoms with Gasteiger partial charge in [0.2, 0.25) is 5.91 Å². The highest BCUT2D eigenvalue weighted by Gasteiger charge is 2.24. The highest BCUT2D eigenvalue weighted by molar-refractivity contribution is 6.01. The van der Waals surface area contributed by atoms with Crippen molar-refractivity contribution >= 4 is 23.2 Å². The third-order valence-corrected chi connectivity index (χ3v) is 3.52. The first-order chi connectivity index (χ1) is 10.6. The SMILES string of the molecule is CN1C(=O)COc2c(NC(=O)CCc3ccco3)cccc21. The summed E-state index contributed by atoms with van der Waals surface area (Å²) in [6.07, 6.45) is 2.43. The Hall–Kier alpha value is -2.76. The van der Waals surface area contributed by atoms with Crippen molar-refractivity contribution in [3.05, 3.63) is 42.4 Å². The Bertz CT molecular complexity index is 694. The molecule has 3 rings (SSSR count). The first-order valence-electron chi connectivity index (χ1n) is 7.00. The third kappa shape index (κ3) is 2.81. The summed E-state index contributed by atoms with van der Waals surface area (Å²) >= 11 is 0. The molecule has 0 unspecified atom stereocenters. The maximum Gasteiger partial charge on any atom is 0.264 e. The zero-order valence-corrected chi connectivity index (χ0v) is 12.2. The van der Waals surface area contributed by atoms with Crippen molar-refractivity contribution in [1.29, 1.82) is 0 Å². The van der Waals surface area contributed by atoms with Crippen LogP contribution in [0.15, 0.2) is 41.0 Å². The van der Waals surface area contributed by atoms with E-state index in [1.54, 1.807) is 37.6 Å². The van der Waals surface area contributed by atoms with E-state index >= 15 is 0 Å². The van der Waals surface area contributed by atoms with Gasteiger partial charge < -0.3 is 19.4 Å². The Morgan fingerprint density at radius 3 is 2.95 bits per heavy atom. The van der Waals surface area contributed by atoms with Gasteiger partial charge >= 0.3 is 0 Å². The fourth-order valence-electron chi connectivity index (χ4n) is 2.31. The Balaban J connectivity index is 1.70. The van der Waals surface area contributed by atoms with E-state index in [1.165, 1.54) is 4.90 Å². The second-order valence-electron chi connectivity index (χ2n) is 5.02. The van der Waals surface area contributed by atoms with E-state index < -0.39 is 0 Å². The topological polar surface area (TPSA) is 71.8 Å². The van der Waals surface area contributed by atoms with Gasteiger partial charge in [0.1, 0.15) is 5.76 Å². The highest BCUT2D eigenvalue weighted by Crippen LogP contribution is 2.37. The number of furan rings is 1. The molecule has 0 saturated heterocycles. The van der Waals surface area contributed by atoms with Crippen LogP contribution in [0, 0.1) is 0 Å². The molecule has 6 nitrogen and oxygen atoms in total. The number of nitrogens with zero attached hydrogens (tertiary/aromatic N) is 1. The van der Waals surface area contributed by atoms with Crippen LogP contribution < -0.4 is 15.0 Å². The van der Waals surface area contributed by atoms with Gasteiger partial charge in [0.25, 0.3) is 5.91 Å². The number of aryl methyl sites for hydroxylation is 1. The molecule has 1 aliphatic heterocycles. The molecule has 114 valence electrons. The lowest BCUT2D eigenvalue weighted by Gasteiger charge is -2.27. The smallest absolute Gasteiger partial charge is 0.264 e. The number of para-hydroxylation sites is 1. The van der Waals surface area contributed by atoms with E-state index in [1.807, 2.05) is 6.07 Å². The Morgan fingerprint density at radius 1 is 1.32 bits per heavy atom. The predicted molar refractivity (Wildman–Crippen MR) is 81.0 cm³/mol. The van der Waals surface area contributed by atoms with Crippen molar-refractivity contribution in [3.8, 4) is 5.75 Å². The van der Waals surface area contributed by atoms with Crippen LogP contribution in [0.2, 0.25) is 0 Å². The fourth-order valence-corrected chi connectivity index (χ4v) is 2.31. The largest absolute Gasteiger partial charge is 0.479 e. The van der Waals surface area contributed by atoms with Gasteiger partial charge in [0, 0.05) is 19.9 Å². The molecular weight excluding hydrogens is 284 g/mol. The Morgan fingerprint density at radius 2 is 2.18 bits per heavy atom. The molecule has 0 atom stereocenters. The summed E-state index contributed by atoms with van der Waals surface area (Å²) in [7, 11) is 1.69. The van der Waals surface area contributed by atoms with Crippen molar-refractivity contribution in [2.75, 3.05) is 23.9 Å². The monoisotopic (exact) mass is 300 g/mol. The van der Waals surface area contributed by atoms with Crippen molar-refractivity contribution in [1.82, 2.24) is 0 Å². The molecule has 1 aromatic heterocycles. The third-order valence-electron chi connectivity index (χ3n) is 3.52. The molecule has 1 aromatic carbocycles. The fraction of sp³-hybridized carbons (Fsp3) is 0.250. The lowest BCUT2D eigenvalue weighted by atomic mass is 10.2. The number of rotatable bonds is 4.